The summed E-state index contributed by atoms with van der Waals surface area (Å²) in [6.45, 7) is 7.02. The van der Waals surface area contributed by atoms with Crippen molar-refractivity contribution in [2.75, 3.05) is 0 Å². The van der Waals surface area contributed by atoms with E-state index in [0.29, 0.717) is 17.9 Å². The van der Waals surface area contributed by atoms with Crippen molar-refractivity contribution in [1.29, 1.82) is 0 Å². The number of nitrogens with one attached hydrogen (secondary N) is 2. The molecule has 1 unspecified atom stereocenters. The summed E-state index contributed by atoms with van der Waals surface area (Å²) in [7, 11) is 0. The van der Waals surface area contributed by atoms with Crippen LogP contribution in [0.4, 0.5) is 4.79 Å². The molecule has 1 heterocycles. The average molecular weight is 269 g/mol. The molecule has 2 amide bonds. The number of urea groups is 1. The van der Waals surface area contributed by atoms with E-state index in [1.807, 2.05) is 0 Å². The fraction of sp³-hybridized carbons (Fsp3) is 0.583. The topological polar surface area (TPSA) is 104 Å². The Bertz CT molecular complexity index is 450. The van der Waals surface area contributed by atoms with Crippen molar-refractivity contribution in [2.45, 2.75) is 46.2 Å². The second-order valence-corrected chi connectivity index (χ2v) is 4.38. The van der Waals surface area contributed by atoms with Crippen LogP contribution in [0.2, 0.25) is 0 Å². The van der Waals surface area contributed by atoms with Crippen LogP contribution in [0.1, 0.15) is 43.3 Å². The van der Waals surface area contributed by atoms with Crippen molar-refractivity contribution in [1.82, 2.24) is 15.8 Å². The molecular weight excluding hydrogens is 250 g/mol. The van der Waals surface area contributed by atoms with Gasteiger partial charge in [-0.05, 0) is 27.2 Å². The largest absolute Gasteiger partial charge is 0.480 e. The third-order valence-corrected chi connectivity index (χ3v) is 2.88. The zero-order chi connectivity index (χ0) is 14.6. The zero-order valence-corrected chi connectivity index (χ0v) is 11.5. The van der Waals surface area contributed by atoms with Crippen LogP contribution in [-0.2, 0) is 4.79 Å². The van der Waals surface area contributed by atoms with Gasteiger partial charge in [0.1, 0.15) is 11.8 Å². The van der Waals surface area contributed by atoms with Crippen LogP contribution in [0.15, 0.2) is 4.52 Å². The van der Waals surface area contributed by atoms with Crippen LogP contribution < -0.4 is 10.6 Å². The molecule has 0 radical (unpaired) electrons. The summed E-state index contributed by atoms with van der Waals surface area (Å²) < 4.78 is 5.02. The van der Waals surface area contributed by atoms with Crippen molar-refractivity contribution in [3.8, 4) is 0 Å². The molecule has 0 bridgehead atoms. The number of aromatic nitrogens is 1. The Morgan fingerprint density at radius 2 is 2.00 bits per heavy atom. The predicted octanol–water partition coefficient (Wildman–Crippen LogP) is 1.51. The minimum absolute atomic E-state index is 0.308. The SMILES string of the molecule is CC[C@H](NC(=O)NC(C)c1c(C)noc1C)C(=O)O. The molecule has 0 aliphatic carbocycles. The first-order valence-electron chi connectivity index (χ1n) is 6.09. The summed E-state index contributed by atoms with van der Waals surface area (Å²) in [4.78, 5) is 22.5. The van der Waals surface area contributed by atoms with E-state index in [0.717, 1.165) is 5.56 Å². The van der Waals surface area contributed by atoms with Gasteiger partial charge in [0.2, 0.25) is 0 Å². The lowest BCUT2D eigenvalue weighted by atomic mass is 10.1. The number of amides is 2. The van der Waals surface area contributed by atoms with Gasteiger partial charge in [-0.2, -0.15) is 0 Å². The Morgan fingerprint density at radius 1 is 1.37 bits per heavy atom. The first-order chi connectivity index (χ1) is 8.86. The lowest BCUT2D eigenvalue weighted by Crippen LogP contribution is -2.46. The maximum absolute atomic E-state index is 11.7. The first kappa shape index (κ1) is 15.0. The van der Waals surface area contributed by atoms with Crippen molar-refractivity contribution in [3.05, 3.63) is 17.0 Å². The standard InChI is InChI=1S/C12H19N3O4/c1-5-9(11(16)17)14-12(18)13-6(2)10-7(3)15-19-8(10)4/h6,9H,5H2,1-4H3,(H,16,17)(H2,13,14,18)/t6?,9-/m0/s1. The molecule has 1 rings (SSSR count). The number of nitrogens with zero attached hydrogens (tertiary/aromatic N) is 1. The lowest BCUT2D eigenvalue weighted by Gasteiger charge is -2.17. The Kier molecular flexibility index (Phi) is 4.91. The van der Waals surface area contributed by atoms with Crippen LogP contribution in [0, 0.1) is 13.8 Å². The maximum Gasteiger partial charge on any atom is 0.326 e. The number of carbonyl (C=O) groups excluding carboxylic acids is 1. The molecule has 0 fully saturated rings. The molecule has 2 atom stereocenters. The molecule has 0 saturated carbocycles. The highest BCUT2D eigenvalue weighted by atomic mass is 16.5. The van der Waals surface area contributed by atoms with E-state index in [-0.39, 0.29) is 6.04 Å². The Morgan fingerprint density at radius 3 is 2.42 bits per heavy atom. The van der Waals surface area contributed by atoms with E-state index in [4.69, 9.17) is 9.63 Å². The van der Waals surface area contributed by atoms with Crippen molar-refractivity contribution < 1.29 is 19.2 Å². The van der Waals surface area contributed by atoms with E-state index in [9.17, 15) is 9.59 Å². The summed E-state index contributed by atoms with van der Waals surface area (Å²) in [6.07, 6.45) is 0.322. The van der Waals surface area contributed by atoms with Crippen molar-refractivity contribution in [2.24, 2.45) is 0 Å². The van der Waals surface area contributed by atoms with Crippen molar-refractivity contribution >= 4 is 12.0 Å². The number of rotatable bonds is 5. The molecule has 106 valence electrons. The molecule has 3 N–H and O–H groups in total. The number of aryl methyl sites for hydroxylation is 2. The highest BCUT2D eigenvalue weighted by Crippen LogP contribution is 2.20. The molecule has 0 aromatic carbocycles. The van der Waals surface area contributed by atoms with Crippen LogP contribution >= 0.6 is 0 Å². The van der Waals surface area contributed by atoms with E-state index in [2.05, 4.69) is 15.8 Å². The number of carbonyl (C=O) groups is 2. The van der Waals surface area contributed by atoms with E-state index >= 15 is 0 Å². The molecular formula is C12H19N3O4. The van der Waals surface area contributed by atoms with Gasteiger partial charge in [-0.3, -0.25) is 0 Å². The van der Waals surface area contributed by atoms with Crippen molar-refractivity contribution in [3.63, 3.8) is 0 Å². The quantitative estimate of drug-likeness (QED) is 0.751. The number of aliphatic carboxylic acids is 1. The van der Waals surface area contributed by atoms with Crippen LogP contribution in [0.5, 0.6) is 0 Å². The summed E-state index contributed by atoms with van der Waals surface area (Å²) in [5.74, 6) is -0.418. The smallest absolute Gasteiger partial charge is 0.326 e. The van der Waals surface area contributed by atoms with Gasteiger partial charge in [-0.15, -0.1) is 0 Å². The molecule has 0 aliphatic heterocycles. The highest BCUT2D eigenvalue weighted by Gasteiger charge is 2.21. The molecule has 0 saturated heterocycles. The predicted molar refractivity (Wildman–Crippen MR) is 67.8 cm³/mol. The minimum Gasteiger partial charge on any atom is -0.480 e. The van der Waals surface area contributed by atoms with E-state index in [1.165, 1.54) is 0 Å². The van der Waals surface area contributed by atoms with Gasteiger partial charge in [-0.25, -0.2) is 9.59 Å². The van der Waals surface area contributed by atoms with Crippen LogP contribution in [0.3, 0.4) is 0 Å². The Labute approximate surface area is 111 Å². The van der Waals surface area contributed by atoms with Crippen LogP contribution in [-0.4, -0.2) is 28.3 Å². The van der Waals surface area contributed by atoms with Gasteiger partial charge in [0, 0.05) is 5.56 Å². The normalized spacial score (nSPS) is 13.7. The molecule has 7 nitrogen and oxygen atoms in total. The lowest BCUT2D eigenvalue weighted by molar-refractivity contribution is -0.139. The van der Waals surface area contributed by atoms with Gasteiger partial charge in [0.25, 0.3) is 0 Å². The van der Waals surface area contributed by atoms with Gasteiger partial charge in [0.15, 0.2) is 0 Å². The molecule has 1 aromatic rings. The third-order valence-electron chi connectivity index (χ3n) is 2.88. The molecule has 1 aromatic heterocycles. The van der Waals surface area contributed by atoms with Gasteiger partial charge < -0.3 is 20.3 Å². The maximum atomic E-state index is 11.7. The van der Waals surface area contributed by atoms with Gasteiger partial charge in [0.05, 0.1) is 11.7 Å². The third kappa shape index (κ3) is 3.70. The highest BCUT2D eigenvalue weighted by molar-refractivity contribution is 5.82. The molecule has 0 spiro atoms. The zero-order valence-electron chi connectivity index (χ0n) is 11.5. The number of carboxylic acid groups (broad SMARTS) is 1. The Hall–Kier alpha value is -2.05. The summed E-state index contributed by atoms with van der Waals surface area (Å²) >= 11 is 0. The van der Waals surface area contributed by atoms with Gasteiger partial charge in [-0.1, -0.05) is 12.1 Å². The Balaban J connectivity index is 2.65. The number of carboxylic acids is 1. The average Bonchev–Trinajstić information content (AvgIpc) is 2.65. The van der Waals surface area contributed by atoms with Crippen LogP contribution in [0.25, 0.3) is 0 Å². The minimum atomic E-state index is -1.05. The summed E-state index contributed by atoms with van der Waals surface area (Å²) in [5.41, 5.74) is 1.51. The fourth-order valence-electron chi connectivity index (χ4n) is 1.92. The number of hydrogen-bond acceptors (Lipinski definition) is 4. The second kappa shape index (κ2) is 6.21. The van der Waals surface area contributed by atoms with Gasteiger partial charge >= 0.3 is 12.0 Å². The summed E-state index contributed by atoms with van der Waals surface area (Å²) in [6, 6.07) is -1.73. The molecule has 19 heavy (non-hydrogen) atoms. The van der Waals surface area contributed by atoms with E-state index in [1.54, 1.807) is 27.7 Å². The first-order valence-corrected chi connectivity index (χ1v) is 6.09. The van der Waals surface area contributed by atoms with E-state index < -0.39 is 18.0 Å². The molecule has 0 aliphatic rings. The summed E-state index contributed by atoms with van der Waals surface area (Å²) in [5, 5.41) is 17.7. The molecule has 7 heteroatoms. The fourth-order valence-corrected chi connectivity index (χ4v) is 1.92. The monoisotopic (exact) mass is 269 g/mol. The second-order valence-electron chi connectivity index (χ2n) is 4.38. The number of hydrogen-bond donors (Lipinski definition) is 3.